The van der Waals surface area contributed by atoms with Gasteiger partial charge in [0.2, 0.25) is 0 Å². The fourth-order valence-electron chi connectivity index (χ4n) is 5.22. The molecule has 1 fully saturated rings. The molecule has 0 N–H and O–H groups in total. The summed E-state index contributed by atoms with van der Waals surface area (Å²) in [7, 11) is 0. The number of rotatable bonds is 0. The summed E-state index contributed by atoms with van der Waals surface area (Å²) < 4.78 is 12.2. The van der Waals surface area contributed by atoms with E-state index in [2.05, 4.69) is 13.0 Å². The minimum Gasteiger partial charge on any atom is -0.487 e. The van der Waals surface area contributed by atoms with Gasteiger partial charge in [-0.2, -0.15) is 0 Å². The molecular formula is C21H24O3. The van der Waals surface area contributed by atoms with Crippen LogP contribution in [0.1, 0.15) is 62.1 Å². The molecule has 24 heavy (non-hydrogen) atoms. The van der Waals surface area contributed by atoms with E-state index in [-0.39, 0.29) is 11.2 Å². The fraction of sp³-hybridized carbons (Fsp3) is 0.571. The molecule has 1 aromatic carbocycles. The van der Waals surface area contributed by atoms with Crippen LogP contribution in [-0.2, 0) is 19.3 Å². The molecule has 1 aromatic heterocycles. The summed E-state index contributed by atoms with van der Waals surface area (Å²) in [6, 6.07) is 4.22. The molecule has 1 aliphatic heterocycles. The van der Waals surface area contributed by atoms with Crippen LogP contribution in [0, 0.1) is 5.92 Å². The molecular weight excluding hydrogens is 300 g/mol. The minimum absolute atomic E-state index is 0.00929. The highest BCUT2D eigenvalue weighted by Gasteiger charge is 2.40. The highest BCUT2D eigenvalue weighted by atomic mass is 16.5. The van der Waals surface area contributed by atoms with E-state index in [0.29, 0.717) is 5.58 Å². The molecule has 2 aliphatic carbocycles. The van der Waals surface area contributed by atoms with Gasteiger partial charge >= 0.3 is 5.63 Å². The van der Waals surface area contributed by atoms with Crippen molar-refractivity contribution >= 4 is 11.0 Å². The number of hydrogen-bond acceptors (Lipinski definition) is 3. The van der Waals surface area contributed by atoms with E-state index >= 15 is 0 Å². The fourth-order valence-corrected chi connectivity index (χ4v) is 5.22. The van der Waals surface area contributed by atoms with Crippen molar-refractivity contribution in [2.24, 2.45) is 5.92 Å². The van der Waals surface area contributed by atoms with Crippen molar-refractivity contribution < 1.29 is 9.15 Å². The maximum Gasteiger partial charge on any atom is 0.339 e. The number of benzene rings is 1. The van der Waals surface area contributed by atoms with E-state index in [0.717, 1.165) is 67.6 Å². The summed E-state index contributed by atoms with van der Waals surface area (Å²) in [5.74, 6) is 1.69. The van der Waals surface area contributed by atoms with Crippen LogP contribution in [0.5, 0.6) is 5.75 Å². The Hall–Kier alpha value is -1.77. The van der Waals surface area contributed by atoms with Crippen molar-refractivity contribution in [3.05, 3.63) is 39.2 Å². The maximum atomic E-state index is 12.2. The second kappa shape index (κ2) is 5.11. The van der Waals surface area contributed by atoms with Gasteiger partial charge in [-0.1, -0.05) is 13.3 Å². The molecule has 3 nitrogen and oxygen atoms in total. The quantitative estimate of drug-likeness (QED) is 0.667. The highest BCUT2D eigenvalue weighted by molar-refractivity contribution is 5.84. The number of hydrogen-bond donors (Lipinski definition) is 0. The Balaban J connectivity index is 1.61. The zero-order chi connectivity index (χ0) is 16.3. The predicted octanol–water partition coefficient (Wildman–Crippen LogP) is 4.56. The Morgan fingerprint density at radius 1 is 1.08 bits per heavy atom. The minimum atomic E-state index is -0.147. The predicted molar refractivity (Wildman–Crippen MR) is 93.8 cm³/mol. The lowest BCUT2D eigenvalue weighted by atomic mass is 9.74. The Labute approximate surface area is 142 Å². The standard InChI is InChI=1S/C21H24O3/c1-13-4-3-8-21(12-13)9-7-14-10-17-15-5-2-6-16(15)20(22)23-19(17)11-18(14)24-21/h10-11,13H,2-9,12H2,1H3/t13?,21-/m1/s1. The SMILES string of the molecule is CC1CCC[C@@]2(CCc3cc4c5c(c(=O)oc4cc3O2)CCC5)C1. The van der Waals surface area contributed by atoms with E-state index in [9.17, 15) is 4.79 Å². The van der Waals surface area contributed by atoms with Crippen molar-refractivity contribution in [3.8, 4) is 5.75 Å². The lowest BCUT2D eigenvalue weighted by Gasteiger charge is -2.43. The van der Waals surface area contributed by atoms with Crippen LogP contribution in [-0.4, -0.2) is 5.60 Å². The summed E-state index contributed by atoms with van der Waals surface area (Å²) in [4.78, 5) is 12.2. The van der Waals surface area contributed by atoms with Crippen LogP contribution in [0.2, 0.25) is 0 Å². The molecule has 126 valence electrons. The van der Waals surface area contributed by atoms with Gasteiger partial charge in [-0.25, -0.2) is 4.79 Å². The van der Waals surface area contributed by atoms with Gasteiger partial charge in [-0.05, 0) is 74.5 Å². The molecule has 2 aromatic rings. The number of fused-ring (bicyclic) bond motifs is 4. The van der Waals surface area contributed by atoms with Crippen LogP contribution in [0.3, 0.4) is 0 Å². The summed E-state index contributed by atoms with van der Waals surface area (Å²) in [6.45, 7) is 2.34. The average Bonchev–Trinajstić information content (AvgIpc) is 3.04. The van der Waals surface area contributed by atoms with Crippen molar-refractivity contribution in [2.75, 3.05) is 0 Å². The van der Waals surface area contributed by atoms with Gasteiger partial charge in [-0.15, -0.1) is 0 Å². The third-order valence-electron chi connectivity index (χ3n) is 6.38. The molecule has 1 unspecified atom stereocenters. The van der Waals surface area contributed by atoms with Crippen LogP contribution in [0.4, 0.5) is 0 Å². The molecule has 2 atom stereocenters. The smallest absolute Gasteiger partial charge is 0.339 e. The van der Waals surface area contributed by atoms with E-state index in [4.69, 9.17) is 9.15 Å². The zero-order valence-corrected chi connectivity index (χ0v) is 14.3. The van der Waals surface area contributed by atoms with Gasteiger partial charge in [0, 0.05) is 17.0 Å². The zero-order valence-electron chi connectivity index (χ0n) is 14.3. The summed E-state index contributed by atoms with van der Waals surface area (Å²) in [5, 5.41) is 1.14. The lowest BCUT2D eigenvalue weighted by Crippen LogP contribution is -2.43. The molecule has 2 heterocycles. The molecule has 1 saturated carbocycles. The van der Waals surface area contributed by atoms with Gasteiger partial charge in [0.05, 0.1) is 0 Å². The van der Waals surface area contributed by atoms with Crippen molar-refractivity contribution in [2.45, 2.75) is 70.3 Å². The third kappa shape index (κ3) is 2.13. The second-order valence-electron chi connectivity index (χ2n) is 8.14. The van der Waals surface area contributed by atoms with Crippen LogP contribution < -0.4 is 10.4 Å². The average molecular weight is 324 g/mol. The second-order valence-corrected chi connectivity index (χ2v) is 8.14. The Morgan fingerprint density at radius 2 is 1.96 bits per heavy atom. The summed E-state index contributed by atoms with van der Waals surface area (Å²) in [6.07, 6.45) is 10.0. The van der Waals surface area contributed by atoms with Crippen molar-refractivity contribution in [1.29, 1.82) is 0 Å². The van der Waals surface area contributed by atoms with E-state index in [1.807, 2.05) is 6.07 Å². The van der Waals surface area contributed by atoms with E-state index in [1.54, 1.807) is 0 Å². The Bertz CT molecular complexity index is 879. The normalized spacial score (nSPS) is 28.6. The first-order valence-corrected chi connectivity index (χ1v) is 9.44. The third-order valence-corrected chi connectivity index (χ3v) is 6.38. The Morgan fingerprint density at radius 3 is 2.83 bits per heavy atom. The lowest BCUT2D eigenvalue weighted by molar-refractivity contribution is -0.00579. The van der Waals surface area contributed by atoms with Gasteiger partial charge in [0.15, 0.2) is 0 Å². The first-order chi connectivity index (χ1) is 11.6. The molecule has 3 heteroatoms. The summed E-state index contributed by atoms with van der Waals surface area (Å²) >= 11 is 0. The van der Waals surface area contributed by atoms with Gasteiger partial charge in [0.25, 0.3) is 0 Å². The van der Waals surface area contributed by atoms with Crippen LogP contribution in [0.25, 0.3) is 11.0 Å². The molecule has 0 bridgehead atoms. The van der Waals surface area contributed by atoms with Crippen LogP contribution in [0.15, 0.2) is 21.3 Å². The first kappa shape index (κ1) is 14.6. The van der Waals surface area contributed by atoms with Gasteiger partial charge in [0.1, 0.15) is 16.9 Å². The monoisotopic (exact) mass is 324 g/mol. The first-order valence-electron chi connectivity index (χ1n) is 9.44. The van der Waals surface area contributed by atoms with E-state index in [1.165, 1.54) is 24.0 Å². The van der Waals surface area contributed by atoms with Gasteiger partial charge < -0.3 is 9.15 Å². The van der Waals surface area contributed by atoms with Crippen molar-refractivity contribution in [1.82, 2.24) is 0 Å². The van der Waals surface area contributed by atoms with Crippen molar-refractivity contribution in [3.63, 3.8) is 0 Å². The topological polar surface area (TPSA) is 39.4 Å². The molecule has 1 spiro atoms. The molecule has 3 aliphatic rings. The van der Waals surface area contributed by atoms with E-state index < -0.39 is 0 Å². The Kier molecular flexibility index (Phi) is 3.10. The van der Waals surface area contributed by atoms with Gasteiger partial charge in [-0.3, -0.25) is 0 Å². The molecule has 0 saturated heterocycles. The molecule has 0 radical (unpaired) electrons. The summed E-state index contributed by atoms with van der Waals surface area (Å²) in [5.41, 5.74) is 3.98. The molecule has 0 amide bonds. The largest absolute Gasteiger partial charge is 0.487 e. The maximum absolute atomic E-state index is 12.2. The highest BCUT2D eigenvalue weighted by Crippen LogP contribution is 2.45. The number of ether oxygens (including phenoxy) is 1. The van der Waals surface area contributed by atoms with Crippen LogP contribution >= 0.6 is 0 Å². The number of aryl methyl sites for hydroxylation is 2. The molecule has 5 rings (SSSR count).